The number of nitrogens with zero attached hydrogens (tertiary/aromatic N) is 3. The maximum absolute atomic E-state index is 6.04. The summed E-state index contributed by atoms with van der Waals surface area (Å²) in [4.78, 5) is 10.8. The molecule has 2 rings (SSSR count). The summed E-state index contributed by atoms with van der Waals surface area (Å²) in [5, 5.41) is 0.447. The van der Waals surface area contributed by atoms with Crippen LogP contribution in [-0.4, -0.2) is 42.9 Å². The number of likely N-dealkylation sites (N-methyl/N-ethyl adjacent to an activating group) is 1. The van der Waals surface area contributed by atoms with Crippen molar-refractivity contribution in [2.24, 2.45) is 0 Å². The minimum absolute atomic E-state index is 0.291. The number of anilines is 1. The Balaban J connectivity index is 2.11. The summed E-state index contributed by atoms with van der Waals surface area (Å²) in [7, 11) is 1.62. The van der Waals surface area contributed by atoms with Crippen LogP contribution in [0.2, 0.25) is 5.15 Å². The lowest BCUT2D eigenvalue weighted by molar-refractivity contribution is 0.115. The number of halogens is 1. The molecule has 0 amide bonds. The van der Waals surface area contributed by atoms with E-state index in [1.807, 2.05) is 0 Å². The number of aromatic nitrogens is 2. The Morgan fingerprint density at radius 1 is 1.53 bits per heavy atom. The molecule has 0 spiro atoms. The molecule has 0 N–H and O–H groups in total. The summed E-state index contributed by atoms with van der Waals surface area (Å²) >= 11 is 6.04. The van der Waals surface area contributed by atoms with Gasteiger partial charge in [-0.1, -0.05) is 11.6 Å². The largest absolute Gasteiger partial charge is 0.377 e. The SMILES string of the molecule is CCN(CC1CCCO1)c1cc(Cl)nc(COC)n1. The lowest BCUT2D eigenvalue weighted by Crippen LogP contribution is -2.33. The van der Waals surface area contributed by atoms with E-state index in [0.717, 1.165) is 38.4 Å². The first-order chi connectivity index (χ1) is 9.22. The second-order valence-electron chi connectivity index (χ2n) is 4.57. The van der Waals surface area contributed by atoms with Crippen LogP contribution < -0.4 is 4.90 Å². The summed E-state index contributed by atoms with van der Waals surface area (Å²) < 4.78 is 10.7. The topological polar surface area (TPSA) is 47.5 Å². The highest BCUT2D eigenvalue weighted by atomic mass is 35.5. The van der Waals surface area contributed by atoms with Crippen molar-refractivity contribution < 1.29 is 9.47 Å². The van der Waals surface area contributed by atoms with Crippen molar-refractivity contribution in [3.8, 4) is 0 Å². The highest BCUT2D eigenvalue weighted by Gasteiger charge is 2.20. The molecule has 1 atom stereocenters. The van der Waals surface area contributed by atoms with Crippen LogP contribution in [0.5, 0.6) is 0 Å². The first kappa shape index (κ1) is 14.5. The van der Waals surface area contributed by atoms with Crippen LogP contribution >= 0.6 is 11.6 Å². The Morgan fingerprint density at radius 2 is 2.37 bits per heavy atom. The zero-order chi connectivity index (χ0) is 13.7. The molecule has 2 heterocycles. The fourth-order valence-corrected chi connectivity index (χ4v) is 2.42. The molecule has 0 bridgehead atoms. The molecule has 0 aliphatic carbocycles. The fraction of sp³-hybridized carbons (Fsp3) is 0.692. The molecule has 0 aromatic carbocycles. The fourth-order valence-electron chi connectivity index (χ4n) is 2.23. The van der Waals surface area contributed by atoms with E-state index in [0.29, 0.717) is 23.7 Å². The van der Waals surface area contributed by atoms with Gasteiger partial charge in [-0.25, -0.2) is 9.97 Å². The predicted octanol–water partition coefficient (Wildman–Crippen LogP) is 2.28. The smallest absolute Gasteiger partial charge is 0.158 e. The minimum Gasteiger partial charge on any atom is -0.377 e. The van der Waals surface area contributed by atoms with Crippen LogP contribution in [0.1, 0.15) is 25.6 Å². The molecule has 1 fully saturated rings. The van der Waals surface area contributed by atoms with Crippen LogP contribution in [0.3, 0.4) is 0 Å². The molecule has 1 unspecified atom stereocenters. The second kappa shape index (κ2) is 7.03. The van der Waals surface area contributed by atoms with Gasteiger partial charge in [0.1, 0.15) is 17.6 Å². The molecule has 6 heteroatoms. The molecule has 1 aromatic rings. The molecule has 1 aromatic heterocycles. The van der Waals surface area contributed by atoms with Gasteiger partial charge >= 0.3 is 0 Å². The van der Waals surface area contributed by atoms with Crippen molar-refractivity contribution in [3.05, 3.63) is 17.0 Å². The molecule has 0 saturated carbocycles. The Bertz CT molecular complexity index is 411. The molecule has 5 nitrogen and oxygen atoms in total. The van der Waals surface area contributed by atoms with E-state index in [4.69, 9.17) is 21.1 Å². The predicted molar refractivity (Wildman–Crippen MR) is 74.6 cm³/mol. The average Bonchev–Trinajstić information content (AvgIpc) is 2.88. The number of rotatable bonds is 6. The molecule has 1 aliphatic heterocycles. The standard InChI is InChI=1S/C13H20ClN3O2/c1-3-17(8-10-5-4-6-19-10)13-7-11(14)15-12(16-13)9-18-2/h7,10H,3-6,8-9H2,1-2H3. The summed E-state index contributed by atoms with van der Waals surface area (Å²) in [6.07, 6.45) is 2.54. The van der Waals surface area contributed by atoms with Crippen LogP contribution in [0.15, 0.2) is 6.07 Å². The van der Waals surface area contributed by atoms with Crippen molar-refractivity contribution in [1.29, 1.82) is 0 Å². The van der Waals surface area contributed by atoms with E-state index < -0.39 is 0 Å². The Kier molecular flexibility index (Phi) is 5.36. The highest BCUT2D eigenvalue weighted by molar-refractivity contribution is 6.29. The maximum Gasteiger partial charge on any atom is 0.158 e. The van der Waals surface area contributed by atoms with Gasteiger partial charge < -0.3 is 14.4 Å². The molecule has 0 radical (unpaired) electrons. The van der Waals surface area contributed by atoms with Gasteiger partial charge in [0.15, 0.2) is 5.82 Å². The minimum atomic E-state index is 0.291. The van der Waals surface area contributed by atoms with Crippen molar-refractivity contribution in [2.75, 3.05) is 31.7 Å². The monoisotopic (exact) mass is 285 g/mol. The second-order valence-corrected chi connectivity index (χ2v) is 4.96. The molecule has 106 valence electrons. The Labute approximate surface area is 118 Å². The van der Waals surface area contributed by atoms with Gasteiger partial charge in [0.2, 0.25) is 0 Å². The Hall–Kier alpha value is -0.910. The molecular formula is C13H20ClN3O2. The van der Waals surface area contributed by atoms with E-state index in [2.05, 4.69) is 21.8 Å². The maximum atomic E-state index is 6.04. The van der Waals surface area contributed by atoms with Crippen molar-refractivity contribution >= 4 is 17.4 Å². The normalized spacial score (nSPS) is 18.8. The zero-order valence-electron chi connectivity index (χ0n) is 11.4. The molecular weight excluding hydrogens is 266 g/mol. The molecule has 1 aliphatic rings. The van der Waals surface area contributed by atoms with Crippen LogP contribution in [-0.2, 0) is 16.1 Å². The van der Waals surface area contributed by atoms with Crippen LogP contribution in [0, 0.1) is 0 Å². The zero-order valence-corrected chi connectivity index (χ0v) is 12.2. The van der Waals surface area contributed by atoms with Gasteiger partial charge in [-0.3, -0.25) is 0 Å². The first-order valence-corrected chi connectivity index (χ1v) is 6.99. The number of methoxy groups -OCH3 is 1. The summed E-state index contributed by atoms with van der Waals surface area (Å²) in [6.45, 7) is 5.03. The van der Waals surface area contributed by atoms with Crippen molar-refractivity contribution in [1.82, 2.24) is 9.97 Å². The third-order valence-corrected chi connectivity index (χ3v) is 3.35. The van der Waals surface area contributed by atoms with Gasteiger partial charge in [-0.15, -0.1) is 0 Å². The number of hydrogen-bond donors (Lipinski definition) is 0. The average molecular weight is 286 g/mol. The Morgan fingerprint density at radius 3 is 3.00 bits per heavy atom. The van der Waals surface area contributed by atoms with Gasteiger partial charge in [0.25, 0.3) is 0 Å². The highest BCUT2D eigenvalue weighted by Crippen LogP contribution is 2.20. The van der Waals surface area contributed by atoms with Crippen molar-refractivity contribution in [2.45, 2.75) is 32.5 Å². The van der Waals surface area contributed by atoms with E-state index in [1.165, 1.54) is 0 Å². The van der Waals surface area contributed by atoms with E-state index in [9.17, 15) is 0 Å². The summed E-state index contributed by atoms with van der Waals surface area (Å²) in [6, 6.07) is 1.79. The number of ether oxygens (including phenoxy) is 2. The van der Waals surface area contributed by atoms with Gasteiger partial charge in [0.05, 0.1) is 6.10 Å². The van der Waals surface area contributed by atoms with Crippen LogP contribution in [0.4, 0.5) is 5.82 Å². The molecule has 19 heavy (non-hydrogen) atoms. The van der Waals surface area contributed by atoms with Gasteiger partial charge in [-0.05, 0) is 19.8 Å². The van der Waals surface area contributed by atoms with Gasteiger partial charge in [-0.2, -0.15) is 0 Å². The quantitative estimate of drug-likeness (QED) is 0.751. The first-order valence-electron chi connectivity index (χ1n) is 6.62. The summed E-state index contributed by atoms with van der Waals surface area (Å²) in [5.74, 6) is 1.45. The van der Waals surface area contributed by atoms with Crippen LogP contribution in [0.25, 0.3) is 0 Å². The van der Waals surface area contributed by atoms with Gasteiger partial charge in [0, 0.05) is 32.9 Å². The summed E-state index contributed by atoms with van der Waals surface area (Å²) in [5.41, 5.74) is 0. The number of hydrogen-bond acceptors (Lipinski definition) is 5. The molecule has 1 saturated heterocycles. The third kappa shape index (κ3) is 4.03. The third-order valence-electron chi connectivity index (χ3n) is 3.15. The van der Waals surface area contributed by atoms with E-state index in [1.54, 1.807) is 13.2 Å². The van der Waals surface area contributed by atoms with E-state index >= 15 is 0 Å². The lowest BCUT2D eigenvalue weighted by Gasteiger charge is -2.25. The lowest BCUT2D eigenvalue weighted by atomic mass is 10.2. The van der Waals surface area contributed by atoms with E-state index in [-0.39, 0.29) is 0 Å². The van der Waals surface area contributed by atoms with Crippen molar-refractivity contribution in [3.63, 3.8) is 0 Å².